The Hall–Kier alpha value is -2.99. The van der Waals surface area contributed by atoms with Crippen LogP contribution in [0.5, 0.6) is 0 Å². The second kappa shape index (κ2) is 8.80. The summed E-state index contributed by atoms with van der Waals surface area (Å²) in [4.78, 5) is 24.7. The van der Waals surface area contributed by atoms with Crippen LogP contribution in [-0.4, -0.2) is 11.8 Å². The summed E-state index contributed by atoms with van der Waals surface area (Å²) in [5.74, 6) is -1.31. The average molecular weight is 441 g/mol. The molecule has 0 spiro atoms. The first-order valence-corrected chi connectivity index (χ1v) is 9.45. The van der Waals surface area contributed by atoms with E-state index >= 15 is 0 Å². The van der Waals surface area contributed by atoms with E-state index in [4.69, 9.17) is 0 Å². The second-order valence-corrected chi connectivity index (χ2v) is 7.18. The number of amides is 2. The Morgan fingerprint density at radius 3 is 2.43 bits per heavy atom. The highest BCUT2D eigenvalue weighted by Crippen LogP contribution is 2.20. The maximum Gasteiger partial charge on any atom is 0.255 e. The molecule has 4 nitrogen and oxygen atoms in total. The summed E-state index contributed by atoms with van der Waals surface area (Å²) < 4.78 is 14.5. The first-order valence-electron chi connectivity index (χ1n) is 8.66. The average Bonchev–Trinajstić information content (AvgIpc) is 2.70. The first-order chi connectivity index (χ1) is 13.4. The summed E-state index contributed by atoms with van der Waals surface area (Å²) in [5, 5.41) is 5.62. The van der Waals surface area contributed by atoms with E-state index in [1.807, 2.05) is 12.1 Å². The van der Waals surface area contributed by atoms with Crippen LogP contribution in [0.15, 0.2) is 77.3 Å². The molecule has 0 radical (unpaired) electrons. The van der Waals surface area contributed by atoms with Crippen LogP contribution in [0.4, 0.5) is 10.1 Å². The van der Waals surface area contributed by atoms with Crippen molar-refractivity contribution in [2.24, 2.45) is 0 Å². The van der Waals surface area contributed by atoms with Crippen LogP contribution >= 0.6 is 15.9 Å². The maximum absolute atomic E-state index is 13.9. The Morgan fingerprint density at radius 1 is 0.929 bits per heavy atom. The van der Waals surface area contributed by atoms with Gasteiger partial charge in [-0.1, -0.05) is 46.3 Å². The molecule has 0 fully saturated rings. The minimum absolute atomic E-state index is 0.0326. The SMILES string of the molecule is CC(NC(=O)c1cc(Br)ccc1F)c1cccc(NC(=O)c2ccccc2)c1. The van der Waals surface area contributed by atoms with E-state index in [2.05, 4.69) is 26.6 Å². The van der Waals surface area contributed by atoms with Gasteiger partial charge in [-0.2, -0.15) is 0 Å². The van der Waals surface area contributed by atoms with Gasteiger partial charge in [0.25, 0.3) is 11.8 Å². The van der Waals surface area contributed by atoms with Gasteiger partial charge in [0.2, 0.25) is 0 Å². The topological polar surface area (TPSA) is 58.2 Å². The fourth-order valence-electron chi connectivity index (χ4n) is 2.71. The lowest BCUT2D eigenvalue weighted by Gasteiger charge is -2.16. The van der Waals surface area contributed by atoms with Crippen LogP contribution in [0.3, 0.4) is 0 Å². The smallest absolute Gasteiger partial charge is 0.255 e. The van der Waals surface area contributed by atoms with Crippen molar-refractivity contribution in [3.63, 3.8) is 0 Å². The standard InChI is InChI=1S/C22H18BrFN2O2/c1-14(25-22(28)19-13-17(23)10-11-20(19)24)16-8-5-9-18(12-16)26-21(27)15-6-3-2-4-7-15/h2-14H,1H3,(H,25,28)(H,26,27). The van der Waals surface area contributed by atoms with Crippen LogP contribution in [0.1, 0.15) is 39.2 Å². The zero-order chi connectivity index (χ0) is 20.1. The van der Waals surface area contributed by atoms with E-state index < -0.39 is 11.7 Å². The molecule has 3 aromatic rings. The molecule has 1 atom stereocenters. The lowest BCUT2D eigenvalue weighted by molar-refractivity contribution is 0.0934. The third-order valence-corrected chi connectivity index (χ3v) is 4.69. The molecule has 0 saturated heterocycles. The minimum Gasteiger partial charge on any atom is -0.345 e. The summed E-state index contributed by atoms with van der Waals surface area (Å²) in [6.45, 7) is 1.80. The van der Waals surface area contributed by atoms with Gasteiger partial charge in [0.15, 0.2) is 0 Å². The summed E-state index contributed by atoms with van der Waals surface area (Å²) >= 11 is 3.24. The second-order valence-electron chi connectivity index (χ2n) is 6.26. The van der Waals surface area contributed by atoms with E-state index in [9.17, 15) is 14.0 Å². The van der Waals surface area contributed by atoms with Crippen molar-refractivity contribution in [3.8, 4) is 0 Å². The molecule has 0 aliphatic carbocycles. The van der Waals surface area contributed by atoms with Gasteiger partial charge in [0, 0.05) is 15.7 Å². The molecule has 0 heterocycles. The summed E-state index contributed by atoms with van der Waals surface area (Å²) in [7, 11) is 0. The van der Waals surface area contributed by atoms with Gasteiger partial charge in [-0.3, -0.25) is 9.59 Å². The molecule has 28 heavy (non-hydrogen) atoms. The van der Waals surface area contributed by atoms with Crippen LogP contribution in [0.25, 0.3) is 0 Å². The molecule has 2 amide bonds. The summed E-state index contributed by atoms with van der Waals surface area (Å²) in [6.07, 6.45) is 0. The molecule has 142 valence electrons. The number of hydrogen-bond acceptors (Lipinski definition) is 2. The van der Waals surface area contributed by atoms with Crippen LogP contribution in [0.2, 0.25) is 0 Å². The zero-order valence-corrected chi connectivity index (χ0v) is 16.7. The maximum atomic E-state index is 13.9. The Labute approximate surface area is 170 Å². The molecular formula is C22H18BrFN2O2. The van der Waals surface area contributed by atoms with Gasteiger partial charge in [-0.25, -0.2) is 4.39 Å². The van der Waals surface area contributed by atoms with Gasteiger partial charge in [-0.05, 0) is 55.0 Å². The van der Waals surface area contributed by atoms with E-state index in [0.29, 0.717) is 15.7 Å². The number of anilines is 1. The minimum atomic E-state index is -0.586. The molecule has 0 aliphatic rings. The molecule has 2 N–H and O–H groups in total. The number of halogens is 2. The molecule has 3 rings (SSSR count). The summed E-state index contributed by atoms with van der Waals surface area (Å²) in [5.41, 5.74) is 1.92. The highest BCUT2D eigenvalue weighted by molar-refractivity contribution is 9.10. The van der Waals surface area contributed by atoms with Gasteiger partial charge in [-0.15, -0.1) is 0 Å². The van der Waals surface area contributed by atoms with Crippen molar-refractivity contribution in [2.45, 2.75) is 13.0 Å². The Morgan fingerprint density at radius 2 is 1.68 bits per heavy atom. The molecule has 3 aromatic carbocycles. The molecule has 1 unspecified atom stereocenters. The van der Waals surface area contributed by atoms with Crippen LogP contribution < -0.4 is 10.6 Å². The first kappa shape index (κ1) is 19.8. The Kier molecular flexibility index (Phi) is 6.21. The monoisotopic (exact) mass is 440 g/mol. The molecule has 0 saturated carbocycles. The van der Waals surface area contributed by atoms with Crippen molar-refractivity contribution in [2.75, 3.05) is 5.32 Å². The van der Waals surface area contributed by atoms with Gasteiger partial charge in [0.1, 0.15) is 5.82 Å². The van der Waals surface area contributed by atoms with Crippen LogP contribution in [-0.2, 0) is 0 Å². The third kappa shape index (κ3) is 4.84. The van der Waals surface area contributed by atoms with Crippen molar-refractivity contribution in [1.82, 2.24) is 5.32 Å². The van der Waals surface area contributed by atoms with E-state index in [1.165, 1.54) is 18.2 Å². The Balaban J connectivity index is 1.71. The van der Waals surface area contributed by atoms with Gasteiger partial charge in [0.05, 0.1) is 11.6 Å². The number of benzene rings is 3. The van der Waals surface area contributed by atoms with Crippen molar-refractivity contribution in [1.29, 1.82) is 0 Å². The fraction of sp³-hybridized carbons (Fsp3) is 0.0909. The zero-order valence-electron chi connectivity index (χ0n) is 15.1. The van der Waals surface area contributed by atoms with E-state index in [1.54, 1.807) is 49.4 Å². The van der Waals surface area contributed by atoms with Crippen molar-refractivity contribution < 1.29 is 14.0 Å². The number of carbonyl (C=O) groups excluding carboxylic acids is 2. The largest absolute Gasteiger partial charge is 0.345 e. The Bertz CT molecular complexity index is 1010. The third-order valence-electron chi connectivity index (χ3n) is 4.20. The number of hydrogen-bond donors (Lipinski definition) is 2. The number of carbonyl (C=O) groups is 2. The highest BCUT2D eigenvalue weighted by atomic mass is 79.9. The lowest BCUT2D eigenvalue weighted by Crippen LogP contribution is -2.27. The molecule has 6 heteroatoms. The lowest BCUT2D eigenvalue weighted by atomic mass is 10.1. The highest BCUT2D eigenvalue weighted by Gasteiger charge is 2.16. The van der Waals surface area contributed by atoms with E-state index in [0.717, 1.165) is 5.56 Å². The van der Waals surface area contributed by atoms with Crippen LogP contribution in [0, 0.1) is 5.82 Å². The molecular weight excluding hydrogens is 423 g/mol. The van der Waals surface area contributed by atoms with E-state index in [-0.39, 0.29) is 17.5 Å². The number of nitrogens with one attached hydrogen (secondary N) is 2. The van der Waals surface area contributed by atoms with Gasteiger partial charge >= 0.3 is 0 Å². The van der Waals surface area contributed by atoms with Crippen molar-refractivity contribution in [3.05, 3.63) is 99.8 Å². The quantitative estimate of drug-likeness (QED) is 0.562. The van der Waals surface area contributed by atoms with Gasteiger partial charge < -0.3 is 10.6 Å². The molecule has 0 bridgehead atoms. The fourth-order valence-corrected chi connectivity index (χ4v) is 3.07. The number of rotatable bonds is 5. The normalized spacial score (nSPS) is 11.5. The predicted molar refractivity (Wildman–Crippen MR) is 111 cm³/mol. The molecule has 0 aromatic heterocycles. The summed E-state index contributed by atoms with van der Waals surface area (Å²) in [6, 6.07) is 19.9. The predicted octanol–water partition coefficient (Wildman–Crippen LogP) is 5.33. The van der Waals surface area contributed by atoms with Crippen molar-refractivity contribution >= 4 is 33.4 Å². The molecule has 0 aliphatic heterocycles.